The van der Waals surface area contributed by atoms with E-state index in [0.717, 1.165) is 22.4 Å². The molecular formula is C20H20N2O3. The van der Waals surface area contributed by atoms with Crippen LogP contribution in [-0.4, -0.2) is 35.1 Å². The van der Waals surface area contributed by atoms with Crippen molar-refractivity contribution in [2.75, 3.05) is 18.0 Å². The summed E-state index contributed by atoms with van der Waals surface area (Å²) < 4.78 is 0. The first-order chi connectivity index (χ1) is 12.1. The third-order valence-corrected chi connectivity index (χ3v) is 4.34. The topological polar surface area (TPSA) is 60.9 Å². The molecule has 2 amide bonds. The minimum Gasteiger partial charge on any atom is -0.465 e. The Kier molecular flexibility index (Phi) is 4.84. The average Bonchev–Trinajstić information content (AvgIpc) is 2.82. The van der Waals surface area contributed by atoms with Gasteiger partial charge < -0.3 is 14.9 Å². The third kappa shape index (κ3) is 3.71. The lowest BCUT2D eigenvalue weighted by molar-refractivity contribution is -0.114. The molecule has 0 aliphatic carbocycles. The number of anilines is 1. The van der Waals surface area contributed by atoms with Gasteiger partial charge in [-0.2, -0.15) is 0 Å². The van der Waals surface area contributed by atoms with Crippen molar-refractivity contribution < 1.29 is 14.7 Å². The Hall–Kier alpha value is -3.08. The van der Waals surface area contributed by atoms with Crippen LogP contribution in [0.3, 0.4) is 0 Å². The fraction of sp³-hybridized carbons (Fsp3) is 0.200. The van der Waals surface area contributed by atoms with E-state index < -0.39 is 6.09 Å². The molecular weight excluding hydrogens is 316 g/mol. The van der Waals surface area contributed by atoms with E-state index >= 15 is 0 Å². The van der Waals surface area contributed by atoms with Crippen LogP contribution in [0.15, 0.2) is 60.7 Å². The highest BCUT2D eigenvalue weighted by atomic mass is 16.4. The Morgan fingerprint density at radius 3 is 2.40 bits per heavy atom. The van der Waals surface area contributed by atoms with Gasteiger partial charge in [0, 0.05) is 24.9 Å². The lowest BCUT2D eigenvalue weighted by atomic mass is 10.1. The molecule has 0 spiro atoms. The van der Waals surface area contributed by atoms with Crippen LogP contribution in [0, 0.1) is 0 Å². The molecule has 25 heavy (non-hydrogen) atoms. The molecule has 1 heterocycles. The summed E-state index contributed by atoms with van der Waals surface area (Å²) in [6.45, 7) is 2.81. The zero-order chi connectivity index (χ0) is 17.8. The fourth-order valence-electron chi connectivity index (χ4n) is 2.97. The maximum atomic E-state index is 12.9. The van der Waals surface area contributed by atoms with Crippen LogP contribution in [-0.2, 0) is 11.3 Å². The maximum absolute atomic E-state index is 12.9. The molecule has 1 aliphatic heterocycles. The largest absolute Gasteiger partial charge is 0.465 e. The van der Waals surface area contributed by atoms with Crippen molar-refractivity contribution in [1.29, 1.82) is 0 Å². The van der Waals surface area contributed by atoms with Gasteiger partial charge in [-0.05, 0) is 29.7 Å². The van der Waals surface area contributed by atoms with E-state index in [-0.39, 0.29) is 19.0 Å². The maximum Gasteiger partial charge on any atom is 0.407 e. The van der Waals surface area contributed by atoms with Crippen LogP contribution in [0.2, 0.25) is 0 Å². The number of carbonyl (C=O) groups is 2. The standard InChI is InChI=1S/C20H20N2O3/c1-15(16-7-3-2-4-8-16)13-19(23)22-12-11-21(20(24)25)14-17-9-5-6-10-18(17)22/h2-10,13H,11-12,14H2,1H3,(H,24,25). The second-order valence-corrected chi connectivity index (χ2v) is 6.02. The summed E-state index contributed by atoms with van der Waals surface area (Å²) in [4.78, 5) is 27.2. The van der Waals surface area contributed by atoms with E-state index in [9.17, 15) is 14.7 Å². The molecule has 5 heteroatoms. The predicted octanol–water partition coefficient (Wildman–Crippen LogP) is 3.62. The monoisotopic (exact) mass is 336 g/mol. The molecule has 0 unspecified atom stereocenters. The molecule has 128 valence electrons. The SMILES string of the molecule is CC(=CC(=O)N1CCN(C(=O)O)Cc2ccccc21)c1ccccc1. The summed E-state index contributed by atoms with van der Waals surface area (Å²) in [5, 5.41) is 9.32. The van der Waals surface area contributed by atoms with E-state index in [1.54, 1.807) is 11.0 Å². The minimum atomic E-state index is -0.972. The van der Waals surface area contributed by atoms with Gasteiger partial charge >= 0.3 is 6.09 Å². The van der Waals surface area contributed by atoms with Gasteiger partial charge in [-0.1, -0.05) is 48.5 Å². The normalized spacial score (nSPS) is 14.7. The molecule has 2 aromatic rings. The number of carbonyl (C=O) groups excluding carboxylic acids is 1. The Labute approximate surface area is 146 Å². The molecule has 0 fully saturated rings. The first-order valence-corrected chi connectivity index (χ1v) is 8.17. The Bertz CT molecular complexity index is 815. The van der Waals surface area contributed by atoms with Crippen molar-refractivity contribution in [2.45, 2.75) is 13.5 Å². The van der Waals surface area contributed by atoms with Crippen LogP contribution >= 0.6 is 0 Å². The molecule has 3 rings (SSSR count). The number of rotatable bonds is 2. The van der Waals surface area contributed by atoms with Crippen molar-refractivity contribution in [2.24, 2.45) is 0 Å². The molecule has 0 saturated carbocycles. The van der Waals surface area contributed by atoms with E-state index in [0.29, 0.717) is 6.54 Å². The first kappa shape index (κ1) is 16.8. The highest BCUT2D eigenvalue weighted by Crippen LogP contribution is 2.26. The van der Waals surface area contributed by atoms with Gasteiger partial charge in [0.1, 0.15) is 0 Å². The highest BCUT2D eigenvalue weighted by molar-refractivity contribution is 6.06. The molecule has 1 aliphatic rings. The summed E-state index contributed by atoms with van der Waals surface area (Å²) in [7, 11) is 0. The number of benzene rings is 2. The number of nitrogens with zero attached hydrogens (tertiary/aromatic N) is 2. The summed E-state index contributed by atoms with van der Waals surface area (Å²) in [6, 6.07) is 17.2. The predicted molar refractivity (Wildman–Crippen MR) is 97.3 cm³/mol. The molecule has 0 saturated heterocycles. The lowest BCUT2D eigenvalue weighted by Gasteiger charge is -2.21. The van der Waals surface area contributed by atoms with E-state index in [1.807, 2.05) is 61.5 Å². The number of amides is 2. The Balaban J connectivity index is 1.91. The van der Waals surface area contributed by atoms with E-state index in [1.165, 1.54) is 4.90 Å². The lowest BCUT2D eigenvalue weighted by Crippen LogP contribution is -2.36. The molecule has 1 N–H and O–H groups in total. The van der Waals surface area contributed by atoms with Crippen LogP contribution in [0.25, 0.3) is 5.57 Å². The van der Waals surface area contributed by atoms with Crippen LogP contribution in [0.4, 0.5) is 10.5 Å². The molecule has 0 atom stereocenters. The van der Waals surface area contributed by atoms with Crippen LogP contribution in [0.1, 0.15) is 18.1 Å². The van der Waals surface area contributed by atoms with Gasteiger partial charge in [-0.25, -0.2) is 4.79 Å². The number of allylic oxidation sites excluding steroid dienone is 1. The average molecular weight is 336 g/mol. The zero-order valence-corrected chi connectivity index (χ0v) is 14.1. The van der Waals surface area contributed by atoms with Crippen molar-refractivity contribution >= 4 is 23.3 Å². The highest BCUT2D eigenvalue weighted by Gasteiger charge is 2.25. The van der Waals surface area contributed by atoms with Crippen LogP contribution < -0.4 is 4.90 Å². The van der Waals surface area contributed by atoms with Gasteiger partial charge in [0.15, 0.2) is 0 Å². The second kappa shape index (κ2) is 7.21. The van der Waals surface area contributed by atoms with Gasteiger partial charge in [-0.3, -0.25) is 4.79 Å². The van der Waals surface area contributed by atoms with Crippen molar-refractivity contribution in [3.05, 3.63) is 71.8 Å². The molecule has 5 nitrogen and oxygen atoms in total. The zero-order valence-electron chi connectivity index (χ0n) is 14.1. The van der Waals surface area contributed by atoms with Gasteiger partial charge in [0.05, 0.1) is 6.54 Å². The number of carboxylic acid groups (broad SMARTS) is 1. The summed E-state index contributed by atoms with van der Waals surface area (Å²) in [5.41, 5.74) is 3.48. The Morgan fingerprint density at radius 2 is 1.68 bits per heavy atom. The van der Waals surface area contributed by atoms with Gasteiger partial charge in [0.2, 0.25) is 0 Å². The summed E-state index contributed by atoms with van der Waals surface area (Å²) in [5.74, 6) is -0.138. The van der Waals surface area contributed by atoms with E-state index in [2.05, 4.69) is 0 Å². The first-order valence-electron chi connectivity index (χ1n) is 8.17. The molecule has 0 aromatic heterocycles. The molecule has 0 bridgehead atoms. The van der Waals surface area contributed by atoms with E-state index in [4.69, 9.17) is 0 Å². The smallest absolute Gasteiger partial charge is 0.407 e. The van der Waals surface area contributed by atoms with Gasteiger partial charge in [0.25, 0.3) is 5.91 Å². The van der Waals surface area contributed by atoms with Gasteiger partial charge in [-0.15, -0.1) is 0 Å². The summed E-state index contributed by atoms with van der Waals surface area (Å²) >= 11 is 0. The number of para-hydroxylation sites is 1. The van der Waals surface area contributed by atoms with Crippen molar-refractivity contribution in [3.8, 4) is 0 Å². The number of hydrogen-bond acceptors (Lipinski definition) is 2. The van der Waals surface area contributed by atoms with Crippen LogP contribution in [0.5, 0.6) is 0 Å². The second-order valence-electron chi connectivity index (χ2n) is 6.02. The summed E-state index contributed by atoms with van der Waals surface area (Å²) in [6.07, 6.45) is 0.642. The van der Waals surface area contributed by atoms with Crippen molar-refractivity contribution in [1.82, 2.24) is 4.90 Å². The number of fused-ring (bicyclic) bond motifs is 1. The minimum absolute atomic E-state index is 0.138. The van der Waals surface area contributed by atoms with Crippen molar-refractivity contribution in [3.63, 3.8) is 0 Å². The Morgan fingerprint density at radius 1 is 1.00 bits per heavy atom. The quantitative estimate of drug-likeness (QED) is 0.852. The third-order valence-electron chi connectivity index (χ3n) is 4.34. The molecule has 0 radical (unpaired) electrons. The fourth-order valence-corrected chi connectivity index (χ4v) is 2.97. The molecule has 2 aromatic carbocycles. The number of hydrogen-bond donors (Lipinski definition) is 1.